The van der Waals surface area contributed by atoms with E-state index < -0.39 is 0 Å². The molecule has 0 spiro atoms. The fraction of sp³-hybridized carbons (Fsp3) is 0.357. The molecule has 1 aromatic heterocycles. The average molecular weight is 245 g/mol. The van der Waals surface area contributed by atoms with Crippen LogP contribution in [0.15, 0.2) is 42.7 Å². The molecule has 2 N–H and O–H groups in total. The minimum Gasteiger partial charge on any atom is -0.394 e. The Hall–Kier alpha value is -1.65. The van der Waals surface area contributed by atoms with Crippen LogP contribution in [0.2, 0.25) is 0 Å². The van der Waals surface area contributed by atoms with E-state index in [1.165, 1.54) is 0 Å². The van der Waals surface area contributed by atoms with E-state index in [2.05, 4.69) is 17.3 Å². The zero-order valence-corrected chi connectivity index (χ0v) is 10.7. The fourth-order valence-corrected chi connectivity index (χ4v) is 2.00. The molecule has 2 rings (SSSR count). The number of nitrogens with zero attached hydrogens (tertiary/aromatic N) is 2. The molecule has 1 unspecified atom stereocenters. The molecular weight excluding hydrogens is 226 g/mol. The lowest BCUT2D eigenvalue weighted by molar-refractivity contribution is 0.235. The molecule has 0 aliphatic rings. The molecule has 4 heteroatoms. The third-order valence-electron chi connectivity index (χ3n) is 3.06. The average Bonchev–Trinajstić information content (AvgIpc) is 2.83. The molecule has 0 fully saturated rings. The Labute approximate surface area is 107 Å². The maximum absolute atomic E-state index is 9.50. The van der Waals surface area contributed by atoms with Gasteiger partial charge in [-0.25, -0.2) is 0 Å². The van der Waals surface area contributed by atoms with E-state index in [4.69, 9.17) is 0 Å². The van der Waals surface area contributed by atoms with Crippen LogP contribution in [0.1, 0.15) is 30.1 Å². The molecular formula is C14H19N3O. The standard InChI is InChI=1S/C14H19N3O/c1-11(13-8-15-17(2)9-13)16-14(10-18)12-6-4-3-5-7-12/h3-9,11,14,16,18H,10H2,1-2H3/t11?,14-/m0/s1. The van der Waals surface area contributed by atoms with Crippen molar-refractivity contribution >= 4 is 0 Å². The van der Waals surface area contributed by atoms with Gasteiger partial charge >= 0.3 is 0 Å². The van der Waals surface area contributed by atoms with Crippen LogP contribution in [0.25, 0.3) is 0 Å². The van der Waals surface area contributed by atoms with E-state index in [0.717, 1.165) is 11.1 Å². The predicted molar refractivity (Wildman–Crippen MR) is 71.0 cm³/mol. The van der Waals surface area contributed by atoms with Crippen LogP contribution in [0, 0.1) is 0 Å². The SMILES string of the molecule is CC(N[C@@H](CO)c1ccccc1)c1cnn(C)c1. The van der Waals surface area contributed by atoms with E-state index in [9.17, 15) is 5.11 Å². The van der Waals surface area contributed by atoms with Crippen molar-refractivity contribution in [3.05, 3.63) is 53.9 Å². The molecule has 1 aromatic carbocycles. The summed E-state index contributed by atoms with van der Waals surface area (Å²) >= 11 is 0. The van der Waals surface area contributed by atoms with Crippen LogP contribution in [-0.2, 0) is 7.05 Å². The maximum Gasteiger partial charge on any atom is 0.0626 e. The van der Waals surface area contributed by atoms with Gasteiger partial charge in [-0.15, -0.1) is 0 Å². The van der Waals surface area contributed by atoms with Crippen molar-refractivity contribution in [1.29, 1.82) is 0 Å². The summed E-state index contributed by atoms with van der Waals surface area (Å²) in [5.41, 5.74) is 2.21. The number of rotatable bonds is 5. The number of aromatic nitrogens is 2. The molecule has 18 heavy (non-hydrogen) atoms. The smallest absolute Gasteiger partial charge is 0.0626 e. The lowest BCUT2D eigenvalue weighted by Crippen LogP contribution is -2.27. The molecule has 0 saturated carbocycles. The third-order valence-corrected chi connectivity index (χ3v) is 3.06. The first kappa shape index (κ1) is 12.8. The monoisotopic (exact) mass is 245 g/mol. The van der Waals surface area contributed by atoms with Gasteiger partial charge in [-0.2, -0.15) is 5.10 Å². The molecule has 0 radical (unpaired) electrons. The molecule has 1 heterocycles. The minimum atomic E-state index is -0.0543. The van der Waals surface area contributed by atoms with Gasteiger partial charge in [-0.1, -0.05) is 30.3 Å². The molecule has 0 saturated heterocycles. The van der Waals surface area contributed by atoms with Gasteiger partial charge in [-0.3, -0.25) is 4.68 Å². The Balaban J connectivity index is 2.07. The Kier molecular flexibility index (Phi) is 4.12. The van der Waals surface area contributed by atoms with Crippen molar-refractivity contribution in [2.75, 3.05) is 6.61 Å². The second kappa shape index (κ2) is 5.80. The summed E-state index contributed by atoms with van der Waals surface area (Å²) in [5, 5.41) is 17.1. The molecule has 4 nitrogen and oxygen atoms in total. The van der Waals surface area contributed by atoms with Crippen molar-refractivity contribution in [3.63, 3.8) is 0 Å². The van der Waals surface area contributed by atoms with Crippen LogP contribution in [0.4, 0.5) is 0 Å². The Morgan fingerprint density at radius 2 is 2.00 bits per heavy atom. The normalized spacial score (nSPS) is 14.4. The van der Waals surface area contributed by atoms with Gasteiger partial charge < -0.3 is 10.4 Å². The molecule has 96 valence electrons. The fourth-order valence-electron chi connectivity index (χ4n) is 2.00. The summed E-state index contributed by atoms with van der Waals surface area (Å²) in [6.45, 7) is 2.15. The van der Waals surface area contributed by atoms with E-state index >= 15 is 0 Å². The van der Waals surface area contributed by atoms with Crippen LogP contribution in [-0.4, -0.2) is 21.5 Å². The molecule has 0 amide bonds. The van der Waals surface area contributed by atoms with Crippen molar-refractivity contribution in [1.82, 2.24) is 15.1 Å². The topological polar surface area (TPSA) is 50.1 Å². The number of nitrogens with one attached hydrogen (secondary N) is 1. The van der Waals surface area contributed by atoms with Gasteiger partial charge in [0.25, 0.3) is 0 Å². The van der Waals surface area contributed by atoms with Gasteiger partial charge in [0, 0.05) is 24.8 Å². The van der Waals surface area contributed by atoms with Gasteiger partial charge in [0.1, 0.15) is 0 Å². The summed E-state index contributed by atoms with van der Waals surface area (Å²) in [7, 11) is 1.90. The van der Waals surface area contributed by atoms with Crippen molar-refractivity contribution in [3.8, 4) is 0 Å². The van der Waals surface area contributed by atoms with Gasteiger partial charge in [-0.05, 0) is 12.5 Å². The van der Waals surface area contributed by atoms with Gasteiger partial charge in [0.2, 0.25) is 0 Å². The summed E-state index contributed by atoms with van der Waals surface area (Å²) in [6, 6.07) is 10.1. The van der Waals surface area contributed by atoms with E-state index in [0.29, 0.717) is 0 Å². The Morgan fingerprint density at radius 3 is 2.56 bits per heavy atom. The number of aliphatic hydroxyl groups excluding tert-OH is 1. The highest BCUT2D eigenvalue weighted by molar-refractivity contribution is 5.20. The first-order chi connectivity index (χ1) is 8.70. The summed E-state index contributed by atoms with van der Waals surface area (Å²) in [4.78, 5) is 0. The van der Waals surface area contributed by atoms with Gasteiger partial charge in [0.05, 0.1) is 18.8 Å². The van der Waals surface area contributed by atoms with E-state index in [1.807, 2.05) is 49.8 Å². The summed E-state index contributed by atoms with van der Waals surface area (Å²) in [6.07, 6.45) is 3.83. The molecule has 2 atom stereocenters. The highest BCUT2D eigenvalue weighted by Crippen LogP contribution is 2.18. The lowest BCUT2D eigenvalue weighted by Gasteiger charge is -2.21. The van der Waals surface area contributed by atoms with Crippen molar-refractivity contribution < 1.29 is 5.11 Å². The van der Waals surface area contributed by atoms with Crippen LogP contribution >= 0.6 is 0 Å². The highest BCUT2D eigenvalue weighted by atomic mass is 16.3. The van der Waals surface area contributed by atoms with E-state index in [1.54, 1.807) is 4.68 Å². The second-order valence-corrected chi connectivity index (χ2v) is 4.48. The first-order valence-electron chi connectivity index (χ1n) is 6.11. The number of aryl methyl sites for hydroxylation is 1. The van der Waals surface area contributed by atoms with Crippen LogP contribution in [0.5, 0.6) is 0 Å². The van der Waals surface area contributed by atoms with Crippen LogP contribution < -0.4 is 5.32 Å². The minimum absolute atomic E-state index is 0.0543. The number of hydrogen-bond donors (Lipinski definition) is 2. The first-order valence-corrected chi connectivity index (χ1v) is 6.11. The lowest BCUT2D eigenvalue weighted by atomic mass is 10.1. The summed E-state index contributed by atoms with van der Waals surface area (Å²) < 4.78 is 1.78. The van der Waals surface area contributed by atoms with Gasteiger partial charge in [0.15, 0.2) is 0 Å². The number of aliphatic hydroxyl groups is 1. The quantitative estimate of drug-likeness (QED) is 0.844. The van der Waals surface area contributed by atoms with Crippen molar-refractivity contribution in [2.24, 2.45) is 7.05 Å². The Morgan fingerprint density at radius 1 is 1.28 bits per heavy atom. The van der Waals surface area contributed by atoms with E-state index in [-0.39, 0.29) is 18.7 Å². The zero-order valence-electron chi connectivity index (χ0n) is 10.7. The molecule has 2 aromatic rings. The predicted octanol–water partition coefficient (Wildman–Crippen LogP) is 1.80. The second-order valence-electron chi connectivity index (χ2n) is 4.48. The molecule has 0 bridgehead atoms. The number of benzene rings is 1. The maximum atomic E-state index is 9.50. The van der Waals surface area contributed by atoms with Crippen molar-refractivity contribution in [2.45, 2.75) is 19.0 Å². The zero-order chi connectivity index (χ0) is 13.0. The largest absolute Gasteiger partial charge is 0.394 e. The summed E-state index contributed by atoms with van der Waals surface area (Å²) in [5.74, 6) is 0. The third kappa shape index (κ3) is 2.97. The number of hydrogen-bond acceptors (Lipinski definition) is 3. The molecule has 0 aliphatic heterocycles. The highest BCUT2D eigenvalue weighted by Gasteiger charge is 2.15. The Bertz CT molecular complexity index is 481. The van der Waals surface area contributed by atoms with Crippen LogP contribution in [0.3, 0.4) is 0 Å². The molecule has 0 aliphatic carbocycles.